The van der Waals surface area contributed by atoms with Crippen LogP contribution in [-0.2, 0) is 10.0 Å². The number of halogens is 1. The van der Waals surface area contributed by atoms with Gasteiger partial charge in [-0.3, -0.25) is 0 Å². The summed E-state index contributed by atoms with van der Waals surface area (Å²) >= 11 is 1.26. The van der Waals surface area contributed by atoms with Gasteiger partial charge < -0.3 is 5.32 Å². The first-order valence-corrected chi connectivity index (χ1v) is 8.49. The van der Waals surface area contributed by atoms with E-state index in [1.165, 1.54) is 17.5 Å². The van der Waals surface area contributed by atoms with E-state index in [4.69, 9.17) is 0 Å². The van der Waals surface area contributed by atoms with Crippen LogP contribution in [0, 0.1) is 12.8 Å². The Bertz CT molecular complexity index is 546. The molecule has 19 heavy (non-hydrogen) atoms. The molecule has 2 fully saturated rings. The first-order chi connectivity index (χ1) is 8.57. The van der Waals surface area contributed by atoms with Crippen LogP contribution in [0.25, 0.3) is 0 Å². The van der Waals surface area contributed by atoms with E-state index in [0.29, 0.717) is 29.3 Å². The fourth-order valence-electron chi connectivity index (χ4n) is 2.82. The molecule has 0 amide bonds. The second-order valence-electron chi connectivity index (χ2n) is 4.96. The fourth-order valence-corrected chi connectivity index (χ4v) is 5.60. The van der Waals surface area contributed by atoms with Gasteiger partial charge in [0.2, 0.25) is 0 Å². The molecule has 1 aromatic heterocycles. The monoisotopic (exact) mass is 323 g/mol. The van der Waals surface area contributed by atoms with Crippen molar-refractivity contribution in [3.8, 4) is 0 Å². The number of nitrogens with one attached hydrogen (secondary N) is 1. The molecule has 1 N–H and O–H groups in total. The van der Waals surface area contributed by atoms with Crippen molar-refractivity contribution in [2.45, 2.75) is 30.0 Å². The summed E-state index contributed by atoms with van der Waals surface area (Å²) < 4.78 is 26.9. The maximum absolute atomic E-state index is 12.5. The second kappa shape index (κ2) is 5.65. The molecule has 3 heterocycles. The van der Waals surface area contributed by atoms with Gasteiger partial charge in [0.25, 0.3) is 10.0 Å². The van der Waals surface area contributed by atoms with Crippen LogP contribution in [0.5, 0.6) is 0 Å². The third-order valence-corrected chi connectivity index (χ3v) is 7.03. The Morgan fingerprint density at radius 3 is 2.95 bits per heavy atom. The lowest BCUT2D eigenvalue weighted by Crippen LogP contribution is -2.46. The summed E-state index contributed by atoms with van der Waals surface area (Å²) in [6.07, 6.45) is 3.48. The van der Waals surface area contributed by atoms with Gasteiger partial charge in [-0.15, -0.1) is 23.7 Å². The quantitative estimate of drug-likeness (QED) is 0.889. The van der Waals surface area contributed by atoms with Gasteiger partial charge in [-0.1, -0.05) is 0 Å². The summed E-state index contributed by atoms with van der Waals surface area (Å²) in [6, 6.07) is 0.514. The van der Waals surface area contributed by atoms with E-state index in [1.807, 2.05) is 6.92 Å². The molecular formula is C11H18ClN3O2S2. The smallest absolute Gasteiger partial charge is 0.254 e. The lowest BCUT2D eigenvalue weighted by Gasteiger charge is -2.33. The topological polar surface area (TPSA) is 62.3 Å². The molecule has 108 valence electrons. The van der Waals surface area contributed by atoms with E-state index < -0.39 is 10.0 Å². The Hall–Kier alpha value is -0.210. The minimum atomic E-state index is -3.32. The zero-order chi connectivity index (χ0) is 12.8. The number of hydrogen-bond acceptors (Lipinski definition) is 5. The lowest BCUT2D eigenvalue weighted by molar-refractivity contribution is 0.247. The summed E-state index contributed by atoms with van der Waals surface area (Å²) in [5, 5.41) is 4.24. The van der Waals surface area contributed by atoms with Crippen molar-refractivity contribution in [1.82, 2.24) is 14.6 Å². The van der Waals surface area contributed by atoms with E-state index in [-0.39, 0.29) is 12.4 Å². The Morgan fingerprint density at radius 1 is 1.47 bits per heavy atom. The SMILES string of the molecule is Cc1ncc(S(=O)(=O)N2CCC3NCCC3C2)s1.Cl. The number of sulfonamides is 1. The maximum Gasteiger partial charge on any atom is 0.254 e. The summed E-state index contributed by atoms with van der Waals surface area (Å²) in [5.74, 6) is 0.475. The molecule has 2 aliphatic rings. The second-order valence-corrected chi connectivity index (χ2v) is 8.36. The van der Waals surface area contributed by atoms with Gasteiger partial charge in [-0.2, -0.15) is 4.31 Å². The Morgan fingerprint density at radius 2 is 2.26 bits per heavy atom. The number of fused-ring (bicyclic) bond motifs is 1. The van der Waals surface area contributed by atoms with Crippen molar-refractivity contribution in [2.24, 2.45) is 5.92 Å². The highest BCUT2D eigenvalue weighted by Crippen LogP contribution is 2.30. The summed E-state index contributed by atoms with van der Waals surface area (Å²) in [7, 11) is -3.32. The van der Waals surface area contributed by atoms with E-state index in [1.54, 1.807) is 4.31 Å². The summed E-state index contributed by atoms with van der Waals surface area (Å²) in [6.45, 7) is 4.12. The van der Waals surface area contributed by atoms with Crippen molar-refractivity contribution in [1.29, 1.82) is 0 Å². The number of nitrogens with zero attached hydrogens (tertiary/aromatic N) is 2. The van der Waals surface area contributed by atoms with E-state index in [2.05, 4.69) is 10.3 Å². The number of hydrogen-bond donors (Lipinski definition) is 1. The van der Waals surface area contributed by atoms with Crippen molar-refractivity contribution >= 4 is 33.8 Å². The van der Waals surface area contributed by atoms with Crippen LogP contribution in [-0.4, -0.2) is 43.4 Å². The fraction of sp³-hybridized carbons (Fsp3) is 0.727. The van der Waals surface area contributed by atoms with Gasteiger partial charge in [0.1, 0.15) is 0 Å². The highest BCUT2D eigenvalue weighted by molar-refractivity contribution is 7.91. The normalized spacial score (nSPS) is 27.8. The van der Waals surface area contributed by atoms with Crippen molar-refractivity contribution < 1.29 is 8.42 Å². The molecule has 1 aromatic rings. The van der Waals surface area contributed by atoms with Gasteiger partial charge in [0.05, 0.1) is 11.2 Å². The average molecular weight is 324 g/mol. The van der Waals surface area contributed by atoms with Gasteiger partial charge in [0.15, 0.2) is 4.21 Å². The largest absolute Gasteiger partial charge is 0.314 e. The summed E-state index contributed by atoms with van der Waals surface area (Å²) in [4.78, 5) is 4.04. The Labute approximate surface area is 123 Å². The molecule has 0 saturated carbocycles. The van der Waals surface area contributed by atoms with Crippen molar-refractivity contribution in [3.05, 3.63) is 11.2 Å². The molecular weight excluding hydrogens is 306 g/mol. The van der Waals surface area contributed by atoms with Gasteiger partial charge in [-0.05, 0) is 32.2 Å². The van der Waals surface area contributed by atoms with Crippen LogP contribution >= 0.6 is 23.7 Å². The predicted octanol–water partition coefficient (Wildman–Crippen LogP) is 1.25. The Kier molecular flexibility index (Phi) is 4.52. The van der Waals surface area contributed by atoms with E-state index in [9.17, 15) is 8.42 Å². The molecule has 0 aromatic carbocycles. The molecule has 3 rings (SSSR count). The molecule has 2 unspecified atom stereocenters. The van der Waals surface area contributed by atoms with Gasteiger partial charge in [-0.25, -0.2) is 13.4 Å². The van der Waals surface area contributed by atoms with Crippen LogP contribution in [0.3, 0.4) is 0 Å². The van der Waals surface area contributed by atoms with Crippen LogP contribution in [0.4, 0.5) is 0 Å². The molecule has 5 nitrogen and oxygen atoms in total. The third kappa shape index (κ3) is 2.80. The number of piperidine rings is 1. The van der Waals surface area contributed by atoms with Crippen LogP contribution in [0.1, 0.15) is 17.8 Å². The molecule has 8 heteroatoms. The number of rotatable bonds is 2. The predicted molar refractivity (Wildman–Crippen MR) is 77.4 cm³/mol. The Balaban J connectivity index is 0.00000133. The zero-order valence-electron chi connectivity index (χ0n) is 10.7. The molecule has 0 aliphatic carbocycles. The molecule has 2 saturated heterocycles. The first-order valence-electron chi connectivity index (χ1n) is 6.23. The highest BCUT2D eigenvalue weighted by Gasteiger charge is 2.38. The molecule has 0 radical (unpaired) electrons. The molecule has 0 bridgehead atoms. The van der Waals surface area contributed by atoms with Crippen LogP contribution in [0.15, 0.2) is 10.4 Å². The van der Waals surface area contributed by atoms with Crippen molar-refractivity contribution in [3.63, 3.8) is 0 Å². The molecule has 0 spiro atoms. The van der Waals surface area contributed by atoms with E-state index >= 15 is 0 Å². The lowest BCUT2D eigenvalue weighted by atomic mass is 9.95. The van der Waals surface area contributed by atoms with E-state index in [0.717, 1.165) is 24.4 Å². The molecule has 2 atom stereocenters. The van der Waals surface area contributed by atoms with Crippen LogP contribution in [0.2, 0.25) is 0 Å². The standard InChI is InChI=1S/C11H17N3O2S2.ClH/c1-8-13-6-11(17-8)18(15,16)14-5-3-10-9(7-14)2-4-12-10;/h6,9-10,12H,2-5,7H2,1H3;1H. The minimum Gasteiger partial charge on any atom is -0.314 e. The minimum absolute atomic E-state index is 0. The average Bonchev–Trinajstić information content (AvgIpc) is 2.96. The first kappa shape index (κ1) is 15.2. The van der Waals surface area contributed by atoms with Gasteiger partial charge in [0, 0.05) is 19.1 Å². The summed E-state index contributed by atoms with van der Waals surface area (Å²) in [5.41, 5.74) is 0. The number of aromatic nitrogens is 1. The van der Waals surface area contributed by atoms with Crippen molar-refractivity contribution in [2.75, 3.05) is 19.6 Å². The maximum atomic E-state index is 12.5. The zero-order valence-corrected chi connectivity index (χ0v) is 13.2. The molecule has 2 aliphatic heterocycles. The van der Waals surface area contributed by atoms with Crippen LogP contribution < -0.4 is 5.32 Å². The number of thiazole rings is 1. The number of aryl methyl sites for hydroxylation is 1. The van der Waals surface area contributed by atoms with Gasteiger partial charge >= 0.3 is 0 Å². The third-order valence-electron chi connectivity index (χ3n) is 3.81. The highest BCUT2D eigenvalue weighted by atomic mass is 35.5.